The number of hydrogen-bond donors (Lipinski definition) is 0. The van der Waals surface area contributed by atoms with Gasteiger partial charge in [-0.3, -0.25) is 0 Å². The Labute approximate surface area is 50.9 Å². The molecule has 0 unspecified atom stereocenters. The van der Waals surface area contributed by atoms with Gasteiger partial charge in [0.2, 0.25) is 0 Å². The molecule has 0 radical (unpaired) electrons. The van der Waals surface area contributed by atoms with Crippen molar-refractivity contribution >= 4 is 0 Å². The second-order valence-electron chi connectivity index (χ2n) is 0.790. The van der Waals surface area contributed by atoms with Crippen LogP contribution in [-0.4, -0.2) is 7.11 Å². The maximum atomic E-state index is 4.58. The molecule has 0 spiro atoms. The van der Waals surface area contributed by atoms with E-state index in [1.807, 2.05) is 6.92 Å². The van der Waals surface area contributed by atoms with Crippen LogP contribution in [0.15, 0.2) is 0 Å². The van der Waals surface area contributed by atoms with Crippen molar-refractivity contribution < 1.29 is 19.1 Å². The summed E-state index contributed by atoms with van der Waals surface area (Å²) in [6.45, 7) is 2.00. The van der Waals surface area contributed by atoms with Gasteiger partial charge in [-0.2, -0.15) is 0 Å². The third-order valence-electron chi connectivity index (χ3n) is 0.322. The van der Waals surface area contributed by atoms with Gasteiger partial charge in [0, 0.05) is 0 Å². The molecule has 0 amide bonds. The first-order valence-electron chi connectivity index (χ1n) is 1.99. The van der Waals surface area contributed by atoms with Crippen molar-refractivity contribution in [1.29, 1.82) is 0 Å². The van der Waals surface area contributed by atoms with Crippen LogP contribution in [-0.2, 0) is 19.1 Å². The van der Waals surface area contributed by atoms with Crippen LogP contribution in [0.1, 0.15) is 13.3 Å². The van der Waals surface area contributed by atoms with Crippen LogP contribution < -0.4 is 0 Å². The van der Waals surface area contributed by atoms with E-state index in [1.165, 1.54) is 15.3 Å². The first kappa shape index (κ1) is 7.04. The second-order valence-corrected chi connectivity index (χ2v) is 1.60. The molecule has 0 aromatic carbocycles. The van der Waals surface area contributed by atoms with Gasteiger partial charge < -0.3 is 0 Å². The van der Waals surface area contributed by atoms with E-state index >= 15 is 0 Å². The fourth-order valence-corrected chi connectivity index (χ4v) is 0.436. The average Bonchev–Trinajstić information content (AvgIpc) is 1.69. The molecule has 0 atom stereocenters. The van der Waals surface area contributed by atoms with Crippen LogP contribution in [0.4, 0.5) is 0 Å². The van der Waals surface area contributed by atoms with Crippen molar-refractivity contribution in [1.82, 2.24) is 0 Å². The molecule has 0 aromatic rings. The zero-order valence-electron chi connectivity index (χ0n) is 4.42. The van der Waals surface area contributed by atoms with E-state index in [1.54, 1.807) is 7.11 Å². The molecule has 0 aliphatic carbocycles. The standard InChI is InChI=1S/C4H5.CH3O.Cu/c1-3-4-2;1-2;/h3H2,1H3;1H3;/q;-1;+1. The monoisotopic (exact) mass is 147 g/mol. The number of rotatable bonds is 1. The Morgan fingerprint density at radius 3 is 2.86 bits per heavy atom. The van der Waals surface area contributed by atoms with Gasteiger partial charge in [0.05, 0.1) is 0 Å². The summed E-state index contributed by atoms with van der Waals surface area (Å²) in [5, 5.41) is 0. The average molecular weight is 148 g/mol. The molecular weight excluding hydrogens is 140 g/mol. The van der Waals surface area contributed by atoms with Crippen molar-refractivity contribution in [2.24, 2.45) is 0 Å². The van der Waals surface area contributed by atoms with E-state index in [4.69, 9.17) is 0 Å². The van der Waals surface area contributed by atoms with E-state index in [-0.39, 0.29) is 0 Å². The van der Waals surface area contributed by atoms with Crippen LogP contribution in [0, 0.1) is 10.7 Å². The Morgan fingerprint density at radius 1 is 1.71 bits per heavy atom. The molecule has 2 heteroatoms. The Morgan fingerprint density at radius 2 is 2.43 bits per heavy atom. The van der Waals surface area contributed by atoms with Gasteiger partial charge in [-0.25, -0.2) is 0 Å². The molecule has 0 aliphatic heterocycles. The zero-order valence-corrected chi connectivity index (χ0v) is 5.36. The van der Waals surface area contributed by atoms with E-state index in [2.05, 4.69) is 14.6 Å². The molecule has 0 rings (SSSR count). The number of hydrogen-bond acceptors (Lipinski definition) is 1. The molecular formula is C5H8CuO. The molecule has 0 fully saturated rings. The molecule has 0 heterocycles. The van der Waals surface area contributed by atoms with Crippen molar-refractivity contribution in [2.75, 3.05) is 7.11 Å². The first-order chi connectivity index (χ1) is 3.41. The van der Waals surface area contributed by atoms with Gasteiger partial charge in [-0.05, 0) is 0 Å². The molecule has 0 saturated heterocycles. The summed E-state index contributed by atoms with van der Waals surface area (Å²) >= 11 is 1.25. The van der Waals surface area contributed by atoms with Gasteiger partial charge in [0.1, 0.15) is 0 Å². The topological polar surface area (TPSA) is 9.23 Å². The van der Waals surface area contributed by atoms with Crippen molar-refractivity contribution in [3.8, 4) is 10.7 Å². The van der Waals surface area contributed by atoms with Crippen LogP contribution >= 0.6 is 0 Å². The Bertz CT molecular complexity index is 79.8. The van der Waals surface area contributed by atoms with E-state index in [0.29, 0.717) is 0 Å². The zero-order chi connectivity index (χ0) is 5.54. The third-order valence-corrected chi connectivity index (χ3v) is 0.777. The fraction of sp³-hybridized carbons (Fsp3) is 0.600. The van der Waals surface area contributed by atoms with Crippen molar-refractivity contribution in [3.05, 3.63) is 0 Å². The summed E-state index contributed by atoms with van der Waals surface area (Å²) in [4.78, 5) is 2.72. The fourth-order valence-electron chi connectivity index (χ4n) is 0.106. The molecule has 0 aromatic heterocycles. The summed E-state index contributed by atoms with van der Waals surface area (Å²) in [5.74, 6) is 2.83. The normalized spacial score (nSPS) is 7.71. The predicted molar refractivity (Wildman–Crippen MR) is 25.1 cm³/mol. The third kappa shape index (κ3) is 6.04. The minimum absolute atomic E-state index is 0.897. The van der Waals surface area contributed by atoms with Crippen LogP contribution in [0.5, 0.6) is 0 Å². The van der Waals surface area contributed by atoms with Gasteiger partial charge in [-0.1, -0.05) is 0 Å². The summed E-state index contributed by atoms with van der Waals surface area (Å²) in [6, 6.07) is 0. The van der Waals surface area contributed by atoms with Gasteiger partial charge >= 0.3 is 50.3 Å². The molecule has 45 valence electrons. The second kappa shape index (κ2) is 6.04. The van der Waals surface area contributed by atoms with Gasteiger partial charge in [0.15, 0.2) is 0 Å². The van der Waals surface area contributed by atoms with Crippen LogP contribution in [0.2, 0.25) is 0 Å². The van der Waals surface area contributed by atoms with E-state index in [0.717, 1.165) is 6.42 Å². The quantitative estimate of drug-likeness (QED) is 0.397. The molecule has 1 nitrogen and oxygen atoms in total. The summed E-state index contributed by atoms with van der Waals surface area (Å²) in [6.07, 6.45) is 0.897. The van der Waals surface area contributed by atoms with Crippen LogP contribution in [0.25, 0.3) is 0 Å². The van der Waals surface area contributed by atoms with Gasteiger partial charge in [0.25, 0.3) is 0 Å². The van der Waals surface area contributed by atoms with Crippen LogP contribution in [0.3, 0.4) is 0 Å². The van der Waals surface area contributed by atoms with E-state index < -0.39 is 0 Å². The first-order valence-corrected chi connectivity index (χ1v) is 2.85. The molecule has 0 aliphatic rings. The minimum atomic E-state index is 0.897. The Hall–Kier alpha value is 0.0395. The van der Waals surface area contributed by atoms with Crippen molar-refractivity contribution in [2.45, 2.75) is 13.3 Å². The summed E-state index contributed by atoms with van der Waals surface area (Å²) < 4.78 is 4.58. The molecule has 0 N–H and O–H groups in total. The summed E-state index contributed by atoms with van der Waals surface area (Å²) in [5.41, 5.74) is 0. The van der Waals surface area contributed by atoms with Gasteiger partial charge in [-0.15, -0.1) is 0 Å². The molecule has 0 bridgehead atoms. The maximum absolute atomic E-state index is 4.58. The van der Waals surface area contributed by atoms with E-state index in [9.17, 15) is 0 Å². The Kier molecular flexibility index (Phi) is 6.07. The summed E-state index contributed by atoms with van der Waals surface area (Å²) in [7, 11) is 1.60. The molecule has 7 heavy (non-hydrogen) atoms. The predicted octanol–water partition coefficient (Wildman–Crippen LogP) is 1.00. The Balaban J connectivity index is 2.91. The van der Waals surface area contributed by atoms with Crippen molar-refractivity contribution in [3.63, 3.8) is 0 Å². The SMILES string of the molecule is CCC#[C][Cu][O]C. The molecule has 0 saturated carbocycles.